The molecule has 2 N–H and O–H groups in total. The van der Waals surface area contributed by atoms with E-state index in [1.54, 1.807) is 18.2 Å². The van der Waals surface area contributed by atoms with Crippen LogP contribution >= 0.6 is 0 Å². The molecule has 4 heteroatoms. The van der Waals surface area contributed by atoms with Crippen LogP contribution in [0.15, 0.2) is 24.3 Å². The molecule has 0 saturated carbocycles. The normalized spacial score (nSPS) is 17.9. The summed E-state index contributed by atoms with van der Waals surface area (Å²) in [7, 11) is 0. The number of carbonyl (C=O) groups excluding carboxylic acids is 1. The van der Waals surface area contributed by atoms with Crippen LogP contribution in [0, 0.1) is 0 Å². The summed E-state index contributed by atoms with van der Waals surface area (Å²) < 4.78 is 0. The van der Waals surface area contributed by atoms with E-state index < -0.39 is 0 Å². The van der Waals surface area contributed by atoms with Gasteiger partial charge >= 0.3 is 0 Å². The highest BCUT2D eigenvalue weighted by molar-refractivity contribution is 5.94. The zero-order valence-electron chi connectivity index (χ0n) is 11.4. The van der Waals surface area contributed by atoms with E-state index in [9.17, 15) is 9.90 Å². The van der Waals surface area contributed by atoms with Crippen molar-refractivity contribution in [3.8, 4) is 5.75 Å². The van der Waals surface area contributed by atoms with Gasteiger partial charge in [0, 0.05) is 18.2 Å². The first-order valence-corrected chi connectivity index (χ1v) is 6.97. The maximum Gasteiger partial charge on any atom is 0.251 e. The van der Waals surface area contributed by atoms with Gasteiger partial charge in [0.1, 0.15) is 5.75 Å². The first-order valence-electron chi connectivity index (χ1n) is 6.97. The Kier molecular flexibility index (Phi) is 4.80. The summed E-state index contributed by atoms with van der Waals surface area (Å²) in [4.78, 5) is 14.4. The highest BCUT2D eigenvalue weighted by Gasteiger charge is 2.15. The molecule has 1 aromatic carbocycles. The van der Waals surface area contributed by atoms with E-state index in [1.807, 2.05) is 6.92 Å². The molecule has 2 rings (SSSR count). The fourth-order valence-corrected chi connectivity index (χ4v) is 2.53. The minimum atomic E-state index is -0.125. The molecule has 1 fully saturated rings. The lowest BCUT2D eigenvalue weighted by Crippen LogP contribution is -2.43. The number of aromatic hydroxyl groups is 1. The molecule has 1 atom stereocenters. The predicted molar refractivity (Wildman–Crippen MR) is 75.3 cm³/mol. The van der Waals surface area contributed by atoms with Crippen molar-refractivity contribution in [2.24, 2.45) is 0 Å². The number of nitrogens with one attached hydrogen (secondary N) is 1. The third-order valence-electron chi connectivity index (χ3n) is 3.47. The number of nitrogens with zero attached hydrogens (tertiary/aromatic N) is 1. The molecule has 1 aromatic rings. The molecule has 0 aromatic heterocycles. The average Bonchev–Trinajstić information content (AvgIpc) is 2.39. The Balaban J connectivity index is 1.84. The number of hydrogen-bond acceptors (Lipinski definition) is 3. The molecular weight excluding hydrogens is 240 g/mol. The number of amides is 1. The Hall–Kier alpha value is -1.55. The van der Waals surface area contributed by atoms with Crippen molar-refractivity contribution in [1.82, 2.24) is 10.2 Å². The lowest BCUT2D eigenvalue weighted by atomic mass is 10.1. The van der Waals surface area contributed by atoms with Gasteiger partial charge in [0.05, 0.1) is 0 Å². The van der Waals surface area contributed by atoms with Gasteiger partial charge in [0.2, 0.25) is 0 Å². The Morgan fingerprint density at radius 1 is 1.37 bits per heavy atom. The molecule has 1 saturated heterocycles. The Labute approximate surface area is 114 Å². The number of phenols is 1. The lowest BCUT2D eigenvalue weighted by Gasteiger charge is -2.29. The maximum atomic E-state index is 12.0. The van der Waals surface area contributed by atoms with Crippen molar-refractivity contribution >= 4 is 5.91 Å². The molecule has 1 unspecified atom stereocenters. The van der Waals surface area contributed by atoms with Gasteiger partial charge in [-0.25, -0.2) is 0 Å². The van der Waals surface area contributed by atoms with Crippen LogP contribution in [0.1, 0.15) is 36.5 Å². The molecule has 0 bridgehead atoms. The number of benzene rings is 1. The standard InChI is InChI=1S/C15H22N2O2/c1-12(11-17-8-3-2-4-9-17)16-15(19)13-6-5-7-14(18)10-13/h5-7,10,12,18H,2-4,8-9,11H2,1H3,(H,16,19). The lowest BCUT2D eigenvalue weighted by molar-refractivity contribution is 0.0925. The highest BCUT2D eigenvalue weighted by Crippen LogP contribution is 2.12. The van der Waals surface area contributed by atoms with E-state index >= 15 is 0 Å². The molecule has 1 aliphatic heterocycles. The van der Waals surface area contributed by atoms with Crippen LogP contribution < -0.4 is 5.32 Å². The summed E-state index contributed by atoms with van der Waals surface area (Å²) in [5.41, 5.74) is 0.505. The fraction of sp³-hybridized carbons (Fsp3) is 0.533. The number of piperidine rings is 1. The van der Waals surface area contributed by atoms with Crippen LogP contribution in [-0.4, -0.2) is 41.6 Å². The quantitative estimate of drug-likeness (QED) is 0.872. The van der Waals surface area contributed by atoms with Gasteiger partial charge in [-0.15, -0.1) is 0 Å². The maximum absolute atomic E-state index is 12.0. The second-order valence-electron chi connectivity index (χ2n) is 5.29. The smallest absolute Gasteiger partial charge is 0.251 e. The molecule has 1 aliphatic rings. The number of likely N-dealkylation sites (tertiary alicyclic amines) is 1. The van der Waals surface area contributed by atoms with Gasteiger partial charge in [-0.3, -0.25) is 4.79 Å². The van der Waals surface area contributed by atoms with E-state index in [0.29, 0.717) is 5.56 Å². The van der Waals surface area contributed by atoms with E-state index in [4.69, 9.17) is 0 Å². The van der Waals surface area contributed by atoms with Crippen LogP contribution in [0.5, 0.6) is 5.75 Å². The number of hydrogen-bond donors (Lipinski definition) is 2. The summed E-state index contributed by atoms with van der Waals surface area (Å²) in [5, 5.41) is 12.3. The van der Waals surface area contributed by atoms with E-state index in [2.05, 4.69) is 10.2 Å². The van der Waals surface area contributed by atoms with Crippen LogP contribution in [0.4, 0.5) is 0 Å². The van der Waals surface area contributed by atoms with Crippen molar-refractivity contribution in [3.05, 3.63) is 29.8 Å². The van der Waals surface area contributed by atoms with Gasteiger partial charge in [-0.1, -0.05) is 12.5 Å². The molecule has 0 spiro atoms. The average molecular weight is 262 g/mol. The molecule has 19 heavy (non-hydrogen) atoms. The van der Waals surface area contributed by atoms with Crippen LogP contribution in [0.25, 0.3) is 0 Å². The fourth-order valence-electron chi connectivity index (χ4n) is 2.53. The minimum Gasteiger partial charge on any atom is -0.508 e. The SMILES string of the molecule is CC(CN1CCCCC1)NC(=O)c1cccc(O)c1. The zero-order chi connectivity index (χ0) is 13.7. The molecule has 1 heterocycles. The number of rotatable bonds is 4. The van der Waals surface area contributed by atoms with Gasteiger partial charge in [-0.2, -0.15) is 0 Å². The Morgan fingerprint density at radius 3 is 2.79 bits per heavy atom. The topological polar surface area (TPSA) is 52.6 Å². The molecular formula is C15H22N2O2. The molecule has 0 aliphatic carbocycles. The van der Waals surface area contributed by atoms with Crippen molar-refractivity contribution in [2.75, 3.05) is 19.6 Å². The van der Waals surface area contributed by atoms with E-state index in [1.165, 1.54) is 25.3 Å². The number of carbonyl (C=O) groups is 1. The minimum absolute atomic E-state index is 0.118. The van der Waals surface area contributed by atoms with E-state index in [-0.39, 0.29) is 17.7 Å². The predicted octanol–water partition coefficient (Wildman–Crippen LogP) is 2.00. The molecule has 4 nitrogen and oxygen atoms in total. The first kappa shape index (κ1) is 13.9. The first-order chi connectivity index (χ1) is 9.15. The van der Waals surface area contributed by atoms with Gasteiger partial charge < -0.3 is 15.3 Å². The Bertz CT molecular complexity index is 428. The van der Waals surface area contributed by atoms with Crippen LogP contribution in [0.3, 0.4) is 0 Å². The summed E-state index contributed by atoms with van der Waals surface area (Å²) in [6.07, 6.45) is 3.83. The largest absolute Gasteiger partial charge is 0.508 e. The van der Waals surface area contributed by atoms with Gasteiger partial charge in [0.15, 0.2) is 0 Å². The van der Waals surface area contributed by atoms with Gasteiger partial charge in [-0.05, 0) is 51.1 Å². The van der Waals surface area contributed by atoms with Gasteiger partial charge in [0.25, 0.3) is 5.91 Å². The third kappa shape index (κ3) is 4.24. The van der Waals surface area contributed by atoms with Crippen molar-refractivity contribution in [1.29, 1.82) is 0 Å². The summed E-state index contributed by atoms with van der Waals surface area (Å²) in [6.45, 7) is 5.18. The highest BCUT2D eigenvalue weighted by atomic mass is 16.3. The number of phenolic OH excluding ortho intramolecular Hbond substituents is 1. The monoisotopic (exact) mass is 262 g/mol. The second kappa shape index (κ2) is 6.57. The zero-order valence-corrected chi connectivity index (χ0v) is 11.4. The Morgan fingerprint density at radius 2 is 2.11 bits per heavy atom. The third-order valence-corrected chi connectivity index (χ3v) is 3.47. The summed E-state index contributed by atoms with van der Waals surface area (Å²) in [5.74, 6) is -0.00302. The van der Waals surface area contributed by atoms with Crippen molar-refractivity contribution < 1.29 is 9.90 Å². The van der Waals surface area contributed by atoms with Crippen molar-refractivity contribution in [3.63, 3.8) is 0 Å². The summed E-state index contributed by atoms with van der Waals surface area (Å²) >= 11 is 0. The van der Waals surface area contributed by atoms with Crippen molar-refractivity contribution in [2.45, 2.75) is 32.2 Å². The van der Waals surface area contributed by atoms with Crippen LogP contribution in [-0.2, 0) is 0 Å². The molecule has 104 valence electrons. The summed E-state index contributed by atoms with van der Waals surface area (Å²) in [6, 6.07) is 6.56. The van der Waals surface area contributed by atoms with E-state index in [0.717, 1.165) is 19.6 Å². The molecule has 0 radical (unpaired) electrons. The molecule has 1 amide bonds. The van der Waals surface area contributed by atoms with Crippen LogP contribution in [0.2, 0.25) is 0 Å². The second-order valence-corrected chi connectivity index (χ2v) is 5.29.